The van der Waals surface area contributed by atoms with Crippen LogP contribution in [0.5, 0.6) is 11.5 Å². The number of benzene rings is 2. The van der Waals surface area contributed by atoms with E-state index in [1.54, 1.807) is 7.11 Å². The van der Waals surface area contributed by atoms with Crippen LogP contribution in [-0.2, 0) is 13.0 Å². The van der Waals surface area contributed by atoms with Crippen molar-refractivity contribution in [2.45, 2.75) is 13.0 Å². The van der Waals surface area contributed by atoms with E-state index < -0.39 is 0 Å². The SMILES string of the molecule is COc1ccc2c(c1)-c1nnc(CCN3CCN(c4ccc(Cl)cc4)CC3)n1CCO2. The lowest BCUT2D eigenvalue weighted by atomic mass is 10.1. The molecule has 5 rings (SSSR count). The number of hydrogen-bond donors (Lipinski definition) is 0. The molecule has 3 heterocycles. The molecule has 0 N–H and O–H groups in total. The normalized spacial score (nSPS) is 16.3. The van der Waals surface area contributed by atoms with Gasteiger partial charge in [-0.1, -0.05) is 11.6 Å². The number of ether oxygens (including phenoxy) is 2. The molecule has 0 bridgehead atoms. The van der Waals surface area contributed by atoms with Gasteiger partial charge in [0.15, 0.2) is 5.82 Å². The first-order chi connectivity index (χ1) is 15.2. The summed E-state index contributed by atoms with van der Waals surface area (Å²) in [5.41, 5.74) is 2.17. The Hall–Kier alpha value is -2.77. The molecule has 0 radical (unpaired) electrons. The quantitative estimate of drug-likeness (QED) is 0.607. The molecule has 1 saturated heterocycles. The molecule has 162 valence electrons. The average molecular weight is 440 g/mol. The number of halogens is 1. The van der Waals surface area contributed by atoms with Crippen LogP contribution in [0.1, 0.15) is 5.82 Å². The van der Waals surface area contributed by atoms with Crippen molar-refractivity contribution in [2.75, 3.05) is 51.3 Å². The summed E-state index contributed by atoms with van der Waals surface area (Å²) in [6, 6.07) is 13.9. The van der Waals surface area contributed by atoms with Gasteiger partial charge in [0.1, 0.15) is 23.9 Å². The van der Waals surface area contributed by atoms with Gasteiger partial charge in [-0.3, -0.25) is 4.90 Å². The van der Waals surface area contributed by atoms with Crippen molar-refractivity contribution in [1.29, 1.82) is 0 Å². The van der Waals surface area contributed by atoms with Gasteiger partial charge in [-0.05, 0) is 42.5 Å². The van der Waals surface area contributed by atoms with Crippen LogP contribution in [0, 0.1) is 0 Å². The third-order valence-corrected chi connectivity index (χ3v) is 6.30. The highest BCUT2D eigenvalue weighted by atomic mass is 35.5. The minimum atomic E-state index is 0.608. The lowest BCUT2D eigenvalue weighted by Crippen LogP contribution is -2.47. The zero-order valence-electron chi connectivity index (χ0n) is 17.6. The van der Waals surface area contributed by atoms with Crippen LogP contribution in [0.3, 0.4) is 0 Å². The topological polar surface area (TPSA) is 55.7 Å². The Morgan fingerprint density at radius 2 is 1.81 bits per heavy atom. The molecule has 1 aromatic heterocycles. The molecule has 0 saturated carbocycles. The molecule has 2 aliphatic rings. The van der Waals surface area contributed by atoms with Crippen LogP contribution in [0.15, 0.2) is 42.5 Å². The largest absolute Gasteiger partial charge is 0.497 e. The molecule has 3 aromatic rings. The summed E-state index contributed by atoms with van der Waals surface area (Å²) in [5.74, 6) is 3.49. The summed E-state index contributed by atoms with van der Waals surface area (Å²) in [5, 5.41) is 9.79. The first-order valence-corrected chi connectivity index (χ1v) is 11.1. The van der Waals surface area contributed by atoms with Gasteiger partial charge in [0.2, 0.25) is 0 Å². The predicted octanol–water partition coefficient (Wildman–Crippen LogP) is 3.36. The zero-order valence-corrected chi connectivity index (χ0v) is 18.4. The van der Waals surface area contributed by atoms with Gasteiger partial charge in [-0.25, -0.2) is 0 Å². The summed E-state index contributed by atoms with van der Waals surface area (Å²) < 4.78 is 13.5. The lowest BCUT2D eigenvalue weighted by Gasteiger charge is -2.36. The van der Waals surface area contributed by atoms with Crippen LogP contribution in [0.2, 0.25) is 5.02 Å². The Balaban J connectivity index is 1.23. The van der Waals surface area contributed by atoms with Crippen LogP contribution in [0.4, 0.5) is 5.69 Å². The number of fused-ring (bicyclic) bond motifs is 3. The van der Waals surface area contributed by atoms with Gasteiger partial charge in [0.25, 0.3) is 0 Å². The zero-order chi connectivity index (χ0) is 21.2. The van der Waals surface area contributed by atoms with E-state index in [0.29, 0.717) is 6.61 Å². The second-order valence-electron chi connectivity index (χ2n) is 7.86. The van der Waals surface area contributed by atoms with Crippen LogP contribution in [0.25, 0.3) is 11.4 Å². The molecule has 0 aliphatic carbocycles. The Kier molecular flexibility index (Phi) is 5.70. The number of aromatic nitrogens is 3. The third-order valence-electron chi connectivity index (χ3n) is 6.04. The minimum absolute atomic E-state index is 0.608. The summed E-state index contributed by atoms with van der Waals surface area (Å²) >= 11 is 6.01. The van der Waals surface area contributed by atoms with E-state index >= 15 is 0 Å². The van der Waals surface area contributed by atoms with Gasteiger partial charge in [0, 0.05) is 49.9 Å². The molecule has 2 aromatic carbocycles. The molecule has 0 unspecified atom stereocenters. The predicted molar refractivity (Wildman–Crippen MR) is 121 cm³/mol. The maximum absolute atomic E-state index is 6.01. The number of anilines is 1. The highest BCUT2D eigenvalue weighted by Gasteiger charge is 2.23. The maximum Gasteiger partial charge on any atom is 0.167 e. The number of rotatable bonds is 5. The van der Waals surface area contributed by atoms with Crippen LogP contribution >= 0.6 is 11.6 Å². The standard InChI is InChI=1S/C23H26ClN5O2/c1-30-19-6-7-21-20(16-19)23-26-25-22(29(23)14-15-31-21)8-9-27-10-12-28(13-11-27)18-4-2-17(24)3-5-18/h2-7,16H,8-15H2,1H3. The molecule has 7 nitrogen and oxygen atoms in total. The number of hydrogen-bond acceptors (Lipinski definition) is 6. The lowest BCUT2D eigenvalue weighted by molar-refractivity contribution is 0.257. The van der Waals surface area contributed by atoms with Crippen molar-refractivity contribution in [3.8, 4) is 22.9 Å². The van der Waals surface area contributed by atoms with E-state index in [4.69, 9.17) is 21.1 Å². The van der Waals surface area contributed by atoms with Crippen molar-refractivity contribution in [3.05, 3.63) is 53.3 Å². The second kappa shape index (κ2) is 8.77. The van der Waals surface area contributed by atoms with Gasteiger partial charge >= 0.3 is 0 Å². The molecule has 1 fully saturated rings. The maximum atomic E-state index is 6.01. The third kappa shape index (κ3) is 4.20. The number of methoxy groups -OCH3 is 1. The summed E-state index contributed by atoms with van der Waals surface area (Å²) in [7, 11) is 1.67. The molecule has 8 heteroatoms. The monoisotopic (exact) mass is 439 g/mol. The fraction of sp³-hybridized carbons (Fsp3) is 0.391. The van der Waals surface area contributed by atoms with E-state index in [1.165, 1.54) is 5.69 Å². The van der Waals surface area contributed by atoms with Crippen LogP contribution in [-0.4, -0.2) is 66.1 Å². The number of piperazine rings is 1. The van der Waals surface area contributed by atoms with Crippen molar-refractivity contribution in [3.63, 3.8) is 0 Å². The fourth-order valence-corrected chi connectivity index (χ4v) is 4.40. The van der Waals surface area contributed by atoms with Gasteiger partial charge in [-0.15, -0.1) is 10.2 Å². The van der Waals surface area contributed by atoms with Crippen molar-refractivity contribution in [2.24, 2.45) is 0 Å². The van der Waals surface area contributed by atoms with Crippen LogP contribution < -0.4 is 14.4 Å². The molecule has 0 spiro atoms. The number of nitrogens with zero attached hydrogens (tertiary/aromatic N) is 5. The van der Waals surface area contributed by atoms with Crippen molar-refractivity contribution in [1.82, 2.24) is 19.7 Å². The Morgan fingerprint density at radius 1 is 1.00 bits per heavy atom. The smallest absolute Gasteiger partial charge is 0.167 e. The Morgan fingerprint density at radius 3 is 2.58 bits per heavy atom. The summed E-state index contributed by atoms with van der Waals surface area (Å²) in [6.07, 6.45) is 0.868. The highest BCUT2D eigenvalue weighted by Crippen LogP contribution is 2.34. The summed E-state index contributed by atoms with van der Waals surface area (Å²) in [4.78, 5) is 4.91. The first-order valence-electron chi connectivity index (χ1n) is 10.7. The van der Waals surface area contributed by atoms with Crippen molar-refractivity contribution < 1.29 is 9.47 Å². The van der Waals surface area contributed by atoms with E-state index in [2.05, 4.69) is 36.7 Å². The fourth-order valence-electron chi connectivity index (χ4n) is 4.28. The highest BCUT2D eigenvalue weighted by molar-refractivity contribution is 6.30. The molecular formula is C23H26ClN5O2. The molecule has 0 amide bonds. The van der Waals surface area contributed by atoms with Gasteiger partial charge < -0.3 is 18.9 Å². The molecule has 2 aliphatic heterocycles. The van der Waals surface area contributed by atoms with E-state index in [1.807, 2.05) is 30.3 Å². The van der Waals surface area contributed by atoms with Crippen molar-refractivity contribution >= 4 is 17.3 Å². The van der Waals surface area contributed by atoms with E-state index in [9.17, 15) is 0 Å². The Bertz CT molecular complexity index is 1040. The Labute approximate surface area is 187 Å². The average Bonchev–Trinajstić information content (AvgIpc) is 3.12. The van der Waals surface area contributed by atoms with Gasteiger partial charge in [-0.2, -0.15) is 0 Å². The van der Waals surface area contributed by atoms with E-state index in [-0.39, 0.29) is 0 Å². The molecule has 31 heavy (non-hydrogen) atoms. The summed E-state index contributed by atoms with van der Waals surface area (Å²) in [6.45, 7) is 6.43. The first kappa shape index (κ1) is 20.2. The van der Waals surface area contributed by atoms with E-state index in [0.717, 1.165) is 79.4 Å². The minimum Gasteiger partial charge on any atom is -0.497 e. The second-order valence-corrected chi connectivity index (χ2v) is 8.29. The molecule has 0 atom stereocenters. The molecular weight excluding hydrogens is 414 g/mol. The van der Waals surface area contributed by atoms with Gasteiger partial charge in [0.05, 0.1) is 19.2 Å².